The highest BCUT2D eigenvalue weighted by Crippen LogP contribution is 2.22. The van der Waals surface area contributed by atoms with Crippen molar-refractivity contribution in [1.29, 1.82) is 0 Å². The molecule has 0 saturated carbocycles. The summed E-state index contributed by atoms with van der Waals surface area (Å²) in [5, 5.41) is 4.00. The monoisotopic (exact) mass is 324 g/mol. The summed E-state index contributed by atoms with van der Waals surface area (Å²) in [5.41, 5.74) is 1.91. The summed E-state index contributed by atoms with van der Waals surface area (Å²) in [6.07, 6.45) is 0. The number of halogens is 1. The van der Waals surface area contributed by atoms with E-state index >= 15 is 0 Å². The minimum atomic E-state index is -3.40. The molecule has 2 rings (SSSR count). The SMILES string of the molecule is CNS(=O)(=O)c1ccc(NC(C)c2cccc(Cl)c2)cc1. The fourth-order valence-corrected chi connectivity index (χ4v) is 2.89. The van der Waals surface area contributed by atoms with Gasteiger partial charge in [-0.05, 0) is 55.9 Å². The summed E-state index contributed by atoms with van der Waals surface area (Å²) in [6, 6.07) is 14.3. The number of benzene rings is 2. The van der Waals surface area contributed by atoms with E-state index in [1.807, 2.05) is 31.2 Å². The topological polar surface area (TPSA) is 58.2 Å². The molecule has 4 nitrogen and oxygen atoms in total. The normalized spacial score (nSPS) is 12.9. The first-order valence-electron chi connectivity index (χ1n) is 6.48. The van der Waals surface area contributed by atoms with Gasteiger partial charge < -0.3 is 5.32 Å². The first-order chi connectivity index (χ1) is 9.92. The molecule has 0 saturated heterocycles. The van der Waals surface area contributed by atoms with Crippen LogP contribution in [-0.2, 0) is 10.0 Å². The van der Waals surface area contributed by atoms with Crippen LogP contribution in [0.2, 0.25) is 5.02 Å². The Hall–Kier alpha value is -1.56. The second kappa shape index (κ2) is 6.47. The molecule has 1 unspecified atom stereocenters. The average Bonchev–Trinajstić information content (AvgIpc) is 2.48. The lowest BCUT2D eigenvalue weighted by atomic mass is 10.1. The summed E-state index contributed by atoms with van der Waals surface area (Å²) >= 11 is 5.98. The second-order valence-electron chi connectivity index (χ2n) is 4.65. The summed E-state index contributed by atoms with van der Waals surface area (Å²) < 4.78 is 25.6. The summed E-state index contributed by atoms with van der Waals surface area (Å²) in [5.74, 6) is 0. The maximum Gasteiger partial charge on any atom is 0.240 e. The summed E-state index contributed by atoms with van der Waals surface area (Å²) in [4.78, 5) is 0.242. The van der Waals surface area contributed by atoms with E-state index in [-0.39, 0.29) is 10.9 Å². The quantitative estimate of drug-likeness (QED) is 0.886. The van der Waals surface area contributed by atoms with Crippen molar-refractivity contribution in [2.45, 2.75) is 17.9 Å². The third-order valence-electron chi connectivity index (χ3n) is 3.17. The molecule has 0 aliphatic rings. The van der Waals surface area contributed by atoms with Crippen LogP contribution in [0.4, 0.5) is 5.69 Å². The second-order valence-corrected chi connectivity index (χ2v) is 6.98. The Morgan fingerprint density at radius 1 is 1.10 bits per heavy atom. The first kappa shape index (κ1) is 15.8. The van der Waals surface area contributed by atoms with Gasteiger partial charge in [-0.3, -0.25) is 0 Å². The molecule has 2 aromatic carbocycles. The lowest BCUT2D eigenvalue weighted by molar-refractivity contribution is 0.588. The van der Waals surface area contributed by atoms with Gasteiger partial charge in [0.05, 0.1) is 4.90 Å². The van der Waals surface area contributed by atoms with E-state index in [1.165, 1.54) is 7.05 Å². The zero-order valence-corrected chi connectivity index (χ0v) is 13.4. The molecule has 0 heterocycles. The van der Waals surface area contributed by atoms with Crippen molar-refractivity contribution >= 4 is 27.3 Å². The van der Waals surface area contributed by atoms with Crippen molar-refractivity contribution in [3.63, 3.8) is 0 Å². The average molecular weight is 325 g/mol. The van der Waals surface area contributed by atoms with E-state index in [1.54, 1.807) is 24.3 Å². The molecule has 1 atom stereocenters. The van der Waals surface area contributed by atoms with Crippen LogP contribution in [0.25, 0.3) is 0 Å². The predicted octanol–water partition coefficient (Wildman–Crippen LogP) is 3.42. The van der Waals surface area contributed by atoms with Crippen molar-refractivity contribution in [1.82, 2.24) is 4.72 Å². The Morgan fingerprint density at radius 2 is 1.76 bits per heavy atom. The Labute approximate surface area is 130 Å². The number of nitrogens with one attached hydrogen (secondary N) is 2. The van der Waals surface area contributed by atoms with Crippen molar-refractivity contribution in [2.24, 2.45) is 0 Å². The van der Waals surface area contributed by atoms with Gasteiger partial charge in [-0.15, -0.1) is 0 Å². The smallest absolute Gasteiger partial charge is 0.240 e. The number of hydrogen-bond donors (Lipinski definition) is 2. The fraction of sp³-hybridized carbons (Fsp3) is 0.200. The third-order valence-corrected chi connectivity index (χ3v) is 4.83. The van der Waals surface area contributed by atoms with Gasteiger partial charge >= 0.3 is 0 Å². The third kappa shape index (κ3) is 3.97. The molecule has 0 aromatic heterocycles. The lowest BCUT2D eigenvalue weighted by Gasteiger charge is -2.16. The zero-order valence-electron chi connectivity index (χ0n) is 11.8. The summed E-state index contributed by atoms with van der Waals surface area (Å²) in [7, 11) is -2.00. The van der Waals surface area contributed by atoms with E-state index in [0.29, 0.717) is 5.02 Å². The molecule has 0 aliphatic heterocycles. The summed E-state index contributed by atoms with van der Waals surface area (Å²) in [6.45, 7) is 2.02. The molecule has 2 aromatic rings. The van der Waals surface area contributed by atoms with Gasteiger partial charge in [-0.2, -0.15) is 0 Å². The Balaban J connectivity index is 2.14. The van der Waals surface area contributed by atoms with Gasteiger partial charge in [0.25, 0.3) is 0 Å². The minimum Gasteiger partial charge on any atom is -0.379 e. The van der Waals surface area contributed by atoms with Gasteiger partial charge in [0, 0.05) is 16.8 Å². The lowest BCUT2D eigenvalue weighted by Crippen LogP contribution is -2.18. The van der Waals surface area contributed by atoms with Gasteiger partial charge in [-0.25, -0.2) is 13.1 Å². The van der Waals surface area contributed by atoms with Crippen LogP contribution < -0.4 is 10.0 Å². The molecule has 112 valence electrons. The van der Waals surface area contributed by atoms with E-state index in [0.717, 1.165) is 11.3 Å². The highest BCUT2D eigenvalue weighted by atomic mass is 35.5. The first-order valence-corrected chi connectivity index (χ1v) is 8.34. The molecular weight excluding hydrogens is 308 g/mol. The van der Waals surface area contributed by atoms with Crippen LogP contribution >= 0.6 is 11.6 Å². The van der Waals surface area contributed by atoms with Crippen LogP contribution in [-0.4, -0.2) is 15.5 Å². The van der Waals surface area contributed by atoms with Crippen molar-refractivity contribution < 1.29 is 8.42 Å². The molecule has 6 heteroatoms. The van der Waals surface area contributed by atoms with Crippen molar-refractivity contribution in [2.75, 3.05) is 12.4 Å². The molecule has 21 heavy (non-hydrogen) atoms. The van der Waals surface area contributed by atoms with E-state index in [4.69, 9.17) is 11.6 Å². The van der Waals surface area contributed by atoms with Crippen LogP contribution in [0.15, 0.2) is 53.4 Å². The number of rotatable bonds is 5. The Bertz CT molecular complexity index is 715. The van der Waals surface area contributed by atoms with Gasteiger partial charge in [0.2, 0.25) is 10.0 Å². The molecule has 0 spiro atoms. The van der Waals surface area contributed by atoms with Gasteiger partial charge in [0.15, 0.2) is 0 Å². The molecule has 0 radical (unpaired) electrons. The maximum atomic E-state index is 11.6. The predicted molar refractivity (Wildman–Crippen MR) is 86.2 cm³/mol. The zero-order chi connectivity index (χ0) is 15.5. The van der Waals surface area contributed by atoms with E-state index < -0.39 is 10.0 Å². The standard InChI is InChI=1S/C15H17ClN2O2S/c1-11(12-4-3-5-13(16)10-12)18-14-6-8-15(9-7-14)21(19,20)17-2/h3-11,17-18H,1-2H3. The molecule has 2 N–H and O–H groups in total. The van der Waals surface area contributed by atoms with E-state index in [9.17, 15) is 8.42 Å². The number of anilines is 1. The van der Waals surface area contributed by atoms with E-state index in [2.05, 4.69) is 10.0 Å². The van der Waals surface area contributed by atoms with Crippen LogP contribution in [0.5, 0.6) is 0 Å². The molecule has 0 fully saturated rings. The highest BCUT2D eigenvalue weighted by Gasteiger charge is 2.11. The van der Waals surface area contributed by atoms with Gasteiger partial charge in [0.1, 0.15) is 0 Å². The Morgan fingerprint density at radius 3 is 2.33 bits per heavy atom. The molecule has 0 bridgehead atoms. The van der Waals surface area contributed by atoms with Crippen LogP contribution in [0.1, 0.15) is 18.5 Å². The molecular formula is C15H17ClN2O2S. The largest absolute Gasteiger partial charge is 0.379 e. The van der Waals surface area contributed by atoms with Gasteiger partial charge in [-0.1, -0.05) is 23.7 Å². The molecule has 0 aliphatic carbocycles. The van der Waals surface area contributed by atoms with Crippen molar-refractivity contribution in [3.8, 4) is 0 Å². The van der Waals surface area contributed by atoms with Crippen molar-refractivity contribution in [3.05, 3.63) is 59.1 Å². The highest BCUT2D eigenvalue weighted by molar-refractivity contribution is 7.89. The number of sulfonamides is 1. The fourth-order valence-electron chi connectivity index (χ4n) is 1.96. The number of hydrogen-bond acceptors (Lipinski definition) is 3. The molecule has 0 amide bonds. The maximum absolute atomic E-state index is 11.6. The van der Waals surface area contributed by atoms with Crippen LogP contribution in [0, 0.1) is 0 Å². The minimum absolute atomic E-state index is 0.0652. The Kier molecular flexibility index (Phi) is 4.88. The van der Waals surface area contributed by atoms with Crippen LogP contribution in [0.3, 0.4) is 0 Å².